The normalized spacial score (nSPS) is 19.9. The van der Waals surface area contributed by atoms with Gasteiger partial charge in [0.05, 0.1) is 11.2 Å². The SMILES string of the molecule is C1=NSCC1c1ccc2c(-c3cc4cc(CN5CCCCC5)ccc4[nH]3)n[nH]c2c1. The van der Waals surface area contributed by atoms with Gasteiger partial charge in [-0.1, -0.05) is 24.6 Å². The van der Waals surface area contributed by atoms with Crippen LogP contribution in [-0.4, -0.2) is 45.1 Å². The van der Waals surface area contributed by atoms with Crippen LogP contribution < -0.4 is 0 Å². The lowest BCUT2D eigenvalue weighted by molar-refractivity contribution is 0.221. The Morgan fingerprint density at radius 1 is 1.00 bits per heavy atom. The van der Waals surface area contributed by atoms with Crippen LogP contribution in [0.1, 0.15) is 36.3 Å². The molecule has 30 heavy (non-hydrogen) atoms. The Balaban J connectivity index is 1.31. The van der Waals surface area contributed by atoms with Crippen molar-refractivity contribution in [2.45, 2.75) is 31.7 Å². The van der Waals surface area contributed by atoms with Gasteiger partial charge in [-0.05, 0) is 73.3 Å². The number of nitrogens with one attached hydrogen (secondary N) is 2. The molecule has 152 valence electrons. The summed E-state index contributed by atoms with van der Waals surface area (Å²) in [5, 5.41) is 10.3. The fourth-order valence-corrected chi connectivity index (χ4v) is 5.48. The molecule has 0 saturated carbocycles. The molecular weight excluding hydrogens is 390 g/mol. The maximum atomic E-state index is 4.64. The molecule has 0 amide bonds. The molecule has 2 aliphatic heterocycles. The summed E-state index contributed by atoms with van der Waals surface area (Å²) < 4.78 is 4.30. The summed E-state index contributed by atoms with van der Waals surface area (Å²) in [4.78, 5) is 6.14. The van der Waals surface area contributed by atoms with Crippen molar-refractivity contribution in [2.24, 2.45) is 4.40 Å². The first-order chi connectivity index (χ1) is 14.8. The number of hydrogen-bond donors (Lipinski definition) is 2. The highest BCUT2D eigenvalue weighted by atomic mass is 32.2. The molecule has 0 aliphatic carbocycles. The molecule has 1 fully saturated rings. The second-order valence-corrected chi connectivity index (χ2v) is 9.28. The van der Waals surface area contributed by atoms with Gasteiger partial charge in [0, 0.05) is 40.7 Å². The van der Waals surface area contributed by atoms with E-state index in [-0.39, 0.29) is 0 Å². The summed E-state index contributed by atoms with van der Waals surface area (Å²) in [6, 6.07) is 15.6. The standard InChI is InChI=1S/C24H25N5S/c1-2-8-29(9-3-1)14-16-4-7-21-18(10-16)12-23(26-21)24-20-6-5-17(11-22(20)27-28-24)19-13-25-30-15-19/h4-7,10-13,19,26H,1-3,8-9,14-15H2,(H,27,28). The van der Waals surface area contributed by atoms with Gasteiger partial charge in [0.15, 0.2) is 0 Å². The lowest BCUT2D eigenvalue weighted by Gasteiger charge is -2.26. The van der Waals surface area contributed by atoms with Crippen LogP contribution >= 0.6 is 11.9 Å². The van der Waals surface area contributed by atoms with Crippen molar-refractivity contribution < 1.29 is 0 Å². The smallest absolute Gasteiger partial charge is 0.116 e. The first-order valence-electron chi connectivity index (χ1n) is 10.8. The molecule has 0 radical (unpaired) electrons. The van der Waals surface area contributed by atoms with E-state index in [0.29, 0.717) is 5.92 Å². The van der Waals surface area contributed by atoms with Gasteiger partial charge >= 0.3 is 0 Å². The van der Waals surface area contributed by atoms with Crippen molar-refractivity contribution in [3.05, 3.63) is 53.6 Å². The van der Waals surface area contributed by atoms with Crippen LogP contribution in [-0.2, 0) is 6.54 Å². The lowest BCUT2D eigenvalue weighted by Crippen LogP contribution is -2.28. The minimum Gasteiger partial charge on any atom is -0.353 e. The number of hydrogen-bond acceptors (Lipinski definition) is 4. The summed E-state index contributed by atoms with van der Waals surface area (Å²) in [5.74, 6) is 1.42. The number of rotatable bonds is 4. The van der Waals surface area contributed by atoms with Gasteiger partial charge in [-0.3, -0.25) is 10.00 Å². The van der Waals surface area contributed by atoms with Crippen molar-refractivity contribution in [2.75, 3.05) is 18.8 Å². The van der Waals surface area contributed by atoms with E-state index in [0.717, 1.165) is 34.6 Å². The van der Waals surface area contributed by atoms with Crippen LogP contribution in [0.3, 0.4) is 0 Å². The van der Waals surface area contributed by atoms with Crippen LogP contribution in [0.5, 0.6) is 0 Å². The van der Waals surface area contributed by atoms with E-state index in [1.54, 1.807) is 11.9 Å². The summed E-state index contributed by atoms with van der Waals surface area (Å²) in [6.45, 7) is 3.50. The first-order valence-corrected chi connectivity index (χ1v) is 11.8. The number of likely N-dealkylation sites (tertiary alicyclic amines) is 1. The third-order valence-corrected chi connectivity index (χ3v) is 7.16. The molecule has 2 N–H and O–H groups in total. The summed E-state index contributed by atoms with van der Waals surface area (Å²) in [7, 11) is 0. The number of piperidine rings is 1. The van der Waals surface area contributed by atoms with Crippen LogP contribution in [0.4, 0.5) is 0 Å². The molecule has 5 nitrogen and oxygen atoms in total. The summed E-state index contributed by atoms with van der Waals surface area (Å²) in [6.07, 6.45) is 6.08. The van der Waals surface area contributed by atoms with Crippen molar-refractivity contribution in [3.8, 4) is 11.4 Å². The third-order valence-electron chi connectivity index (χ3n) is 6.38. The number of nitrogens with zero attached hydrogens (tertiary/aromatic N) is 3. The maximum Gasteiger partial charge on any atom is 0.116 e. The monoisotopic (exact) mass is 415 g/mol. The van der Waals surface area contributed by atoms with Crippen LogP contribution in [0.25, 0.3) is 33.2 Å². The Morgan fingerprint density at radius 2 is 1.93 bits per heavy atom. The highest BCUT2D eigenvalue weighted by Gasteiger charge is 2.17. The summed E-state index contributed by atoms with van der Waals surface area (Å²) >= 11 is 1.63. The van der Waals surface area contributed by atoms with Crippen LogP contribution in [0, 0.1) is 0 Å². The van der Waals surface area contributed by atoms with Crippen molar-refractivity contribution in [3.63, 3.8) is 0 Å². The van der Waals surface area contributed by atoms with E-state index >= 15 is 0 Å². The zero-order chi connectivity index (χ0) is 19.9. The first kappa shape index (κ1) is 18.2. The van der Waals surface area contributed by atoms with E-state index < -0.39 is 0 Å². The molecule has 2 aromatic carbocycles. The minimum absolute atomic E-state index is 0.401. The molecule has 1 unspecified atom stereocenters. The number of benzene rings is 2. The largest absolute Gasteiger partial charge is 0.353 e. The van der Waals surface area contributed by atoms with E-state index in [1.165, 1.54) is 54.4 Å². The predicted molar refractivity (Wildman–Crippen MR) is 126 cm³/mol. The Labute approximate surface area is 180 Å². The van der Waals surface area contributed by atoms with E-state index in [9.17, 15) is 0 Å². The molecule has 1 saturated heterocycles. The quantitative estimate of drug-likeness (QED) is 0.432. The van der Waals surface area contributed by atoms with Crippen LogP contribution in [0.2, 0.25) is 0 Å². The van der Waals surface area contributed by atoms with Gasteiger partial charge in [-0.15, -0.1) is 0 Å². The molecule has 0 bridgehead atoms. The average Bonchev–Trinajstić information content (AvgIpc) is 3.52. The highest BCUT2D eigenvalue weighted by molar-refractivity contribution is 7.98. The molecule has 6 rings (SSSR count). The molecule has 6 heteroatoms. The zero-order valence-corrected chi connectivity index (χ0v) is 17.7. The number of aromatic amines is 2. The number of fused-ring (bicyclic) bond motifs is 2. The minimum atomic E-state index is 0.401. The molecule has 1 atom stereocenters. The summed E-state index contributed by atoms with van der Waals surface area (Å²) in [5.41, 5.74) is 6.99. The van der Waals surface area contributed by atoms with Crippen molar-refractivity contribution in [1.82, 2.24) is 20.1 Å². The highest BCUT2D eigenvalue weighted by Crippen LogP contribution is 2.32. The Morgan fingerprint density at radius 3 is 2.80 bits per heavy atom. The molecular formula is C24H25N5S. The van der Waals surface area contributed by atoms with E-state index in [2.05, 4.69) is 66.9 Å². The van der Waals surface area contributed by atoms with Gasteiger partial charge in [0.1, 0.15) is 5.69 Å². The lowest BCUT2D eigenvalue weighted by atomic mass is 10.0. The van der Waals surface area contributed by atoms with Crippen LogP contribution in [0.15, 0.2) is 46.9 Å². The van der Waals surface area contributed by atoms with Crippen molar-refractivity contribution in [1.29, 1.82) is 0 Å². The van der Waals surface area contributed by atoms with E-state index in [1.807, 2.05) is 6.21 Å². The molecule has 2 aromatic heterocycles. The van der Waals surface area contributed by atoms with E-state index in [4.69, 9.17) is 0 Å². The Kier molecular flexibility index (Phi) is 4.61. The topological polar surface area (TPSA) is 60.1 Å². The van der Waals surface area contributed by atoms with Gasteiger partial charge in [-0.2, -0.15) is 5.10 Å². The van der Waals surface area contributed by atoms with Gasteiger partial charge < -0.3 is 4.98 Å². The van der Waals surface area contributed by atoms with Crippen molar-refractivity contribution >= 4 is 40.0 Å². The maximum absolute atomic E-state index is 4.64. The number of aromatic nitrogens is 3. The Hall–Kier alpha value is -2.57. The second kappa shape index (κ2) is 7.60. The fourth-order valence-electron chi connectivity index (χ4n) is 4.72. The zero-order valence-electron chi connectivity index (χ0n) is 16.9. The average molecular weight is 416 g/mol. The molecule has 0 spiro atoms. The molecule has 4 aromatic rings. The third kappa shape index (κ3) is 3.34. The second-order valence-electron chi connectivity index (χ2n) is 8.48. The number of H-pyrrole nitrogens is 2. The fraction of sp³-hybridized carbons (Fsp3) is 0.333. The van der Waals surface area contributed by atoms with Gasteiger partial charge in [0.25, 0.3) is 0 Å². The van der Waals surface area contributed by atoms with Gasteiger partial charge in [-0.25, -0.2) is 4.40 Å². The molecule has 2 aliphatic rings. The Bertz CT molecular complexity index is 1230. The molecule has 4 heterocycles. The predicted octanol–water partition coefficient (Wildman–Crippen LogP) is 5.51. The van der Waals surface area contributed by atoms with Gasteiger partial charge in [0.2, 0.25) is 0 Å².